The summed E-state index contributed by atoms with van der Waals surface area (Å²) in [5.74, 6) is -0.427. The molecule has 4 fully saturated rings. The van der Waals surface area contributed by atoms with Gasteiger partial charge in [-0.1, -0.05) is 0 Å². The van der Waals surface area contributed by atoms with Crippen LogP contribution in [0.15, 0.2) is 18.2 Å². The third kappa shape index (κ3) is 3.89. The Morgan fingerprint density at radius 3 is 2.59 bits per heavy atom. The van der Waals surface area contributed by atoms with Crippen molar-refractivity contribution in [1.82, 2.24) is 15.1 Å². The van der Waals surface area contributed by atoms with E-state index in [0.29, 0.717) is 37.8 Å². The van der Waals surface area contributed by atoms with Crippen LogP contribution in [-0.2, 0) is 25.6 Å². The quantitative estimate of drug-likeness (QED) is 0.669. The van der Waals surface area contributed by atoms with Crippen LogP contribution in [0, 0.1) is 0 Å². The maximum atomic E-state index is 12.9. The highest BCUT2D eigenvalue weighted by atomic mass is 16.7. The molecule has 1 aromatic carbocycles. The second-order valence-electron chi connectivity index (χ2n) is 10.0. The molecule has 1 N–H and O–H groups in total. The molecule has 4 heterocycles. The third-order valence-electron chi connectivity index (χ3n) is 8.04. The molecule has 1 aliphatic carbocycles. The van der Waals surface area contributed by atoms with Crippen molar-refractivity contribution >= 4 is 17.7 Å². The highest BCUT2D eigenvalue weighted by Gasteiger charge is 2.44. The summed E-state index contributed by atoms with van der Waals surface area (Å²) in [6.45, 7) is 3.64. The normalized spacial score (nSPS) is 31.2. The second kappa shape index (κ2) is 8.62. The predicted molar refractivity (Wildman–Crippen MR) is 120 cm³/mol. The average molecular weight is 470 g/mol. The van der Waals surface area contributed by atoms with Crippen LogP contribution in [0.3, 0.4) is 0 Å². The molecule has 0 aromatic heterocycles. The molecule has 1 spiro atoms. The number of ether oxygens (including phenoxy) is 3. The molecule has 9 nitrogen and oxygen atoms in total. The summed E-state index contributed by atoms with van der Waals surface area (Å²) in [5.41, 5.74) is 1.48. The monoisotopic (exact) mass is 469 g/mol. The van der Waals surface area contributed by atoms with Gasteiger partial charge in [0.25, 0.3) is 5.91 Å². The minimum atomic E-state index is -0.601. The standard InChI is InChI=1S/C25H31N3O6/c29-22-7-6-20(23(30)26-22)28-15-16-14-17(4-5-18(16)24(28)31)34-21-3-1-2-19(21)27-10-8-25(9-11-27)32-12-13-33-25/h4-5,14,19-21H,1-3,6-13,15H2,(H,26,29,30). The van der Waals surface area contributed by atoms with Crippen molar-refractivity contribution < 1.29 is 28.6 Å². The lowest BCUT2D eigenvalue weighted by Crippen LogP contribution is -2.52. The molecule has 3 amide bonds. The van der Waals surface area contributed by atoms with Gasteiger partial charge < -0.3 is 19.1 Å². The largest absolute Gasteiger partial charge is 0.489 e. The van der Waals surface area contributed by atoms with Crippen molar-refractivity contribution in [2.24, 2.45) is 0 Å². The fourth-order valence-corrected chi connectivity index (χ4v) is 6.24. The molecular weight excluding hydrogens is 438 g/mol. The molecule has 182 valence electrons. The molecule has 9 heteroatoms. The minimum absolute atomic E-state index is 0.112. The van der Waals surface area contributed by atoms with Crippen molar-refractivity contribution in [3.8, 4) is 5.75 Å². The lowest BCUT2D eigenvalue weighted by molar-refractivity contribution is -0.189. The van der Waals surface area contributed by atoms with Crippen LogP contribution in [0.4, 0.5) is 0 Å². The van der Waals surface area contributed by atoms with Crippen LogP contribution in [0.5, 0.6) is 5.75 Å². The van der Waals surface area contributed by atoms with E-state index in [0.717, 1.165) is 56.5 Å². The van der Waals surface area contributed by atoms with Crippen LogP contribution in [-0.4, -0.2) is 77.8 Å². The van der Waals surface area contributed by atoms with Crippen LogP contribution in [0.25, 0.3) is 0 Å². The smallest absolute Gasteiger partial charge is 0.255 e. The zero-order valence-electron chi connectivity index (χ0n) is 19.3. The molecule has 34 heavy (non-hydrogen) atoms. The average Bonchev–Trinajstić information content (AvgIpc) is 3.55. The van der Waals surface area contributed by atoms with Crippen molar-refractivity contribution in [3.05, 3.63) is 29.3 Å². The zero-order chi connectivity index (χ0) is 23.3. The van der Waals surface area contributed by atoms with Gasteiger partial charge in [0.2, 0.25) is 11.8 Å². The summed E-state index contributed by atoms with van der Waals surface area (Å²) in [6, 6.07) is 5.39. The van der Waals surface area contributed by atoms with E-state index < -0.39 is 6.04 Å². The Balaban J connectivity index is 1.11. The number of nitrogens with one attached hydrogen (secondary N) is 1. The van der Waals surface area contributed by atoms with E-state index in [2.05, 4.69) is 10.2 Å². The molecule has 0 bridgehead atoms. The van der Waals surface area contributed by atoms with Gasteiger partial charge in [-0.15, -0.1) is 0 Å². The van der Waals surface area contributed by atoms with Crippen molar-refractivity contribution in [1.29, 1.82) is 0 Å². The second-order valence-corrected chi connectivity index (χ2v) is 10.0. The first-order chi connectivity index (χ1) is 16.5. The molecule has 3 atom stereocenters. The van der Waals surface area contributed by atoms with Crippen molar-refractivity contribution in [2.75, 3.05) is 26.3 Å². The van der Waals surface area contributed by atoms with Crippen molar-refractivity contribution in [3.63, 3.8) is 0 Å². The van der Waals surface area contributed by atoms with E-state index in [-0.39, 0.29) is 36.0 Å². The fraction of sp³-hybridized carbons (Fsp3) is 0.640. The predicted octanol–water partition coefficient (Wildman–Crippen LogP) is 1.59. The first-order valence-corrected chi connectivity index (χ1v) is 12.5. The van der Waals surface area contributed by atoms with Crippen molar-refractivity contribution in [2.45, 2.75) is 75.5 Å². The maximum absolute atomic E-state index is 12.9. The van der Waals surface area contributed by atoms with Gasteiger partial charge in [0.05, 0.1) is 13.2 Å². The summed E-state index contributed by atoms with van der Waals surface area (Å²) in [4.78, 5) is 40.8. The molecule has 0 radical (unpaired) electrons. The summed E-state index contributed by atoms with van der Waals surface area (Å²) in [6.07, 6.45) is 5.79. The van der Waals surface area contributed by atoms with E-state index in [4.69, 9.17) is 14.2 Å². The number of carbonyl (C=O) groups excluding carboxylic acids is 3. The molecule has 6 rings (SSSR count). The van der Waals surface area contributed by atoms with Crippen LogP contribution < -0.4 is 10.1 Å². The minimum Gasteiger partial charge on any atom is -0.489 e. The van der Waals surface area contributed by atoms with Gasteiger partial charge in [-0.3, -0.25) is 24.6 Å². The van der Waals surface area contributed by atoms with E-state index >= 15 is 0 Å². The van der Waals surface area contributed by atoms with E-state index in [1.165, 1.54) is 0 Å². The Morgan fingerprint density at radius 2 is 1.82 bits per heavy atom. The number of hydrogen-bond acceptors (Lipinski definition) is 7. The molecule has 5 aliphatic rings. The van der Waals surface area contributed by atoms with Gasteiger partial charge in [-0.05, 0) is 49.4 Å². The Morgan fingerprint density at radius 1 is 1.03 bits per heavy atom. The summed E-state index contributed by atoms with van der Waals surface area (Å²) >= 11 is 0. The number of rotatable bonds is 4. The Labute approximate surface area is 198 Å². The number of fused-ring (bicyclic) bond motifs is 1. The van der Waals surface area contributed by atoms with E-state index in [1.807, 2.05) is 18.2 Å². The van der Waals surface area contributed by atoms with Gasteiger partial charge in [0.15, 0.2) is 5.79 Å². The highest BCUT2D eigenvalue weighted by Crippen LogP contribution is 2.37. The molecule has 1 aromatic rings. The number of nitrogens with zero attached hydrogens (tertiary/aromatic N) is 2. The molecular formula is C25H31N3O6. The summed E-state index contributed by atoms with van der Waals surface area (Å²) < 4.78 is 18.2. The van der Waals surface area contributed by atoms with Crippen LogP contribution in [0.1, 0.15) is 60.9 Å². The topological polar surface area (TPSA) is 97.4 Å². The number of likely N-dealkylation sites (tertiary alicyclic amines) is 1. The Bertz CT molecular complexity index is 996. The molecule has 3 saturated heterocycles. The maximum Gasteiger partial charge on any atom is 0.255 e. The van der Waals surface area contributed by atoms with Crippen LogP contribution in [0.2, 0.25) is 0 Å². The fourth-order valence-electron chi connectivity index (χ4n) is 6.24. The number of amides is 3. The van der Waals surface area contributed by atoms with Gasteiger partial charge in [0, 0.05) is 50.5 Å². The lowest BCUT2D eigenvalue weighted by Gasteiger charge is -2.41. The molecule has 4 aliphatic heterocycles. The first-order valence-electron chi connectivity index (χ1n) is 12.5. The molecule has 1 saturated carbocycles. The van der Waals surface area contributed by atoms with Gasteiger partial charge in [0.1, 0.15) is 17.9 Å². The van der Waals surface area contributed by atoms with Gasteiger partial charge >= 0.3 is 0 Å². The number of hydrogen-bond donors (Lipinski definition) is 1. The summed E-state index contributed by atoms with van der Waals surface area (Å²) in [7, 11) is 0. The number of imide groups is 1. The van der Waals surface area contributed by atoms with Gasteiger partial charge in [-0.25, -0.2) is 0 Å². The number of benzene rings is 1. The Kier molecular flexibility index (Phi) is 5.58. The Hall–Kier alpha value is -2.49. The zero-order valence-corrected chi connectivity index (χ0v) is 19.3. The van der Waals surface area contributed by atoms with Gasteiger partial charge in [-0.2, -0.15) is 0 Å². The number of carbonyl (C=O) groups is 3. The SMILES string of the molecule is O=C1CCC(N2Cc3cc(OC4CCCC4N4CCC5(CC4)OCCO5)ccc3C2=O)C(=O)N1. The highest BCUT2D eigenvalue weighted by molar-refractivity contribution is 6.05. The lowest BCUT2D eigenvalue weighted by atomic mass is 10.0. The van der Waals surface area contributed by atoms with Crippen LogP contribution >= 0.6 is 0 Å². The number of piperidine rings is 2. The van der Waals surface area contributed by atoms with E-state index in [1.54, 1.807) is 4.90 Å². The first kappa shape index (κ1) is 22.0. The third-order valence-corrected chi connectivity index (χ3v) is 8.04. The molecule has 3 unspecified atom stereocenters. The van der Waals surface area contributed by atoms with E-state index in [9.17, 15) is 14.4 Å². The summed E-state index contributed by atoms with van der Waals surface area (Å²) in [5, 5.41) is 2.35.